The molecule has 1 heterocycles. The topological polar surface area (TPSA) is 55.4 Å². The molecule has 15 heavy (non-hydrogen) atoms. The molecule has 1 aliphatic heterocycles. The van der Waals surface area contributed by atoms with Crippen LogP contribution in [0.1, 0.15) is 26.3 Å². The molecule has 0 atom stereocenters. The lowest BCUT2D eigenvalue weighted by Gasteiger charge is -2.07. The first-order chi connectivity index (χ1) is 7.26. The van der Waals surface area contributed by atoms with Gasteiger partial charge in [-0.3, -0.25) is 9.59 Å². The van der Waals surface area contributed by atoms with E-state index in [9.17, 15) is 9.59 Å². The van der Waals surface area contributed by atoms with Crippen LogP contribution >= 0.6 is 0 Å². The average molecular weight is 205 g/mol. The van der Waals surface area contributed by atoms with Crippen molar-refractivity contribution >= 4 is 12.2 Å². The Morgan fingerprint density at radius 1 is 1.53 bits per heavy atom. The zero-order chi connectivity index (χ0) is 10.8. The Morgan fingerprint density at radius 3 is 3.00 bits per heavy atom. The maximum absolute atomic E-state index is 11.5. The SMILES string of the molecule is CNC(=O)c1cc(C=O)cc2c1OCC2. The zero-order valence-corrected chi connectivity index (χ0v) is 8.37. The summed E-state index contributed by atoms with van der Waals surface area (Å²) in [6.45, 7) is 0.571. The van der Waals surface area contributed by atoms with E-state index in [1.165, 1.54) is 0 Å². The van der Waals surface area contributed by atoms with Crippen LogP contribution in [0.15, 0.2) is 12.1 Å². The van der Waals surface area contributed by atoms with E-state index in [1.807, 2.05) is 0 Å². The van der Waals surface area contributed by atoms with E-state index < -0.39 is 0 Å². The van der Waals surface area contributed by atoms with Gasteiger partial charge in [-0.1, -0.05) is 0 Å². The smallest absolute Gasteiger partial charge is 0.254 e. The molecule has 0 radical (unpaired) electrons. The normalized spacial score (nSPS) is 12.9. The third-order valence-corrected chi connectivity index (χ3v) is 2.41. The number of ether oxygens (including phenoxy) is 1. The molecule has 0 saturated heterocycles. The second kappa shape index (κ2) is 3.73. The second-order valence-electron chi connectivity index (χ2n) is 3.35. The van der Waals surface area contributed by atoms with Gasteiger partial charge >= 0.3 is 0 Å². The number of amides is 1. The van der Waals surface area contributed by atoms with Crippen LogP contribution in [0.3, 0.4) is 0 Å². The molecule has 1 aromatic rings. The molecule has 1 aromatic carbocycles. The summed E-state index contributed by atoms with van der Waals surface area (Å²) in [5.74, 6) is 0.386. The number of aldehydes is 1. The lowest BCUT2D eigenvalue weighted by Crippen LogP contribution is -2.18. The van der Waals surface area contributed by atoms with Gasteiger partial charge in [-0.05, 0) is 17.7 Å². The molecule has 1 N–H and O–H groups in total. The van der Waals surface area contributed by atoms with Gasteiger partial charge in [0.1, 0.15) is 12.0 Å². The molecule has 0 spiro atoms. The van der Waals surface area contributed by atoms with Gasteiger partial charge < -0.3 is 10.1 Å². The molecule has 0 unspecified atom stereocenters. The van der Waals surface area contributed by atoms with E-state index in [2.05, 4.69) is 5.32 Å². The van der Waals surface area contributed by atoms with E-state index in [1.54, 1.807) is 19.2 Å². The summed E-state index contributed by atoms with van der Waals surface area (Å²) >= 11 is 0. The van der Waals surface area contributed by atoms with Gasteiger partial charge in [-0.2, -0.15) is 0 Å². The largest absolute Gasteiger partial charge is 0.492 e. The molecular formula is C11H11NO3. The summed E-state index contributed by atoms with van der Waals surface area (Å²) in [6.07, 6.45) is 1.49. The van der Waals surface area contributed by atoms with Crippen molar-refractivity contribution in [3.05, 3.63) is 28.8 Å². The van der Waals surface area contributed by atoms with Crippen molar-refractivity contribution in [1.82, 2.24) is 5.32 Å². The summed E-state index contributed by atoms with van der Waals surface area (Å²) in [6, 6.07) is 3.32. The van der Waals surface area contributed by atoms with Crippen molar-refractivity contribution < 1.29 is 14.3 Å². The molecule has 0 fully saturated rings. The van der Waals surface area contributed by atoms with Crippen LogP contribution in [0.5, 0.6) is 5.75 Å². The average Bonchev–Trinajstić information content (AvgIpc) is 2.74. The van der Waals surface area contributed by atoms with Crippen LogP contribution in [0, 0.1) is 0 Å². The highest BCUT2D eigenvalue weighted by Gasteiger charge is 2.21. The molecule has 0 bridgehead atoms. The molecular weight excluding hydrogens is 194 g/mol. The van der Waals surface area contributed by atoms with E-state index in [-0.39, 0.29) is 5.91 Å². The number of fused-ring (bicyclic) bond motifs is 1. The minimum Gasteiger partial charge on any atom is -0.492 e. The number of nitrogens with one attached hydrogen (secondary N) is 1. The van der Waals surface area contributed by atoms with Gasteiger partial charge in [0.2, 0.25) is 0 Å². The number of hydrogen-bond acceptors (Lipinski definition) is 3. The highest BCUT2D eigenvalue weighted by Crippen LogP contribution is 2.30. The van der Waals surface area contributed by atoms with Gasteiger partial charge in [0.05, 0.1) is 12.2 Å². The Balaban J connectivity index is 2.56. The molecule has 1 amide bonds. The molecule has 78 valence electrons. The fourth-order valence-electron chi connectivity index (χ4n) is 1.70. The molecule has 0 aromatic heterocycles. The number of rotatable bonds is 2. The predicted octanol–water partition coefficient (Wildman–Crippen LogP) is 0.794. The minimum atomic E-state index is -0.225. The predicted molar refractivity (Wildman–Crippen MR) is 54.4 cm³/mol. The summed E-state index contributed by atoms with van der Waals surface area (Å²) in [7, 11) is 1.55. The highest BCUT2D eigenvalue weighted by molar-refractivity contribution is 5.99. The molecule has 4 nitrogen and oxygen atoms in total. The highest BCUT2D eigenvalue weighted by atomic mass is 16.5. The van der Waals surface area contributed by atoms with Crippen molar-refractivity contribution in [1.29, 1.82) is 0 Å². The fraction of sp³-hybridized carbons (Fsp3) is 0.273. The number of carbonyl (C=O) groups is 2. The second-order valence-corrected chi connectivity index (χ2v) is 3.35. The van der Waals surface area contributed by atoms with Crippen molar-refractivity contribution in [3.63, 3.8) is 0 Å². The van der Waals surface area contributed by atoms with Gasteiger partial charge in [-0.25, -0.2) is 0 Å². The standard InChI is InChI=1S/C11H11NO3/c1-12-11(14)9-5-7(6-13)4-8-2-3-15-10(8)9/h4-6H,2-3H2,1H3,(H,12,14). The Morgan fingerprint density at radius 2 is 2.33 bits per heavy atom. The Bertz CT molecular complexity index is 426. The maximum atomic E-state index is 11.5. The van der Waals surface area contributed by atoms with Crippen molar-refractivity contribution in [2.45, 2.75) is 6.42 Å². The molecule has 2 rings (SSSR count). The maximum Gasteiger partial charge on any atom is 0.254 e. The quantitative estimate of drug-likeness (QED) is 0.726. The molecule has 0 saturated carbocycles. The van der Waals surface area contributed by atoms with E-state index >= 15 is 0 Å². The first-order valence-corrected chi connectivity index (χ1v) is 4.73. The third-order valence-electron chi connectivity index (χ3n) is 2.41. The number of carbonyl (C=O) groups excluding carboxylic acids is 2. The van der Waals surface area contributed by atoms with Crippen molar-refractivity contribution in [3.8, 4) is 5.75 Å². The zero-order valence-electron chi connectivity index (χ0n) is 8.37. The van der Waals surface area contributed by atoms with Crippen molar-refractivity contribution in [2.24, 2.45) is 0 Å². The lowest BCUT2D eigenvalue weighted by molar-refractivity contribution is 0.0960. The van der Waals surface area contributed by atoms with E-state index in [0.717, 1.165) is 18.3 Å². The van der Waals surface area contributed by atoms with E-state index in [4.69, 9.17) is 4.74 Å². The first-order valence-electron chi connectivity index (χ1n) is 4.73. The Labute approximate surface area is 87.2 Å². The summed E-state index contributed by atoms with van der Waals surface area (Å²) < 4.78 is 5.38. The first kappa shape index (κ1) is 9.71. The lowest BCUT2D eigenvalue weighted by atomic mass is 10.0. The minimum absolute atomic E-state index is 0.225. The number of benzene rings is 1. The Kier molecular flexibility index (Phi) is 2.41. The van der Waals surface area contributed by atoms with Crippen LogP contribution in [0.2, 0.25) is 0 Å². The number of hydrogen-bond donors (Lipinski definition) is 1. The van der Waals surface area contributed by atoms with Crippen LogP contribution in [0.25, 0.3) is 0 Å². The monoisotopic (exact) mass is 205 g/mol. The summed E-state index contributed by atoms with van der Waals surface area (Å²) in [5, 5.41) is 2.53. The van der Waals surface area contributed by atoms with Crippen LogP contribution < -0.4 is 10.1 Å². The van der Waals surface area contributed by atoms with Crippen LogP contribution in [-0.2, 0) is 6.42 Å². The van der Waals surface area contributed by atoms with Crippen LogP contribution in [-0.4, -0.2) is 25.8 Å². The van der Waals surface area contributed by atoms with Crippen LogP contribution in [0.4, 0.5) is 0 Å². The fourth-order valence-corrected chi connectivity index (χ4v) is 1.70. The van der Waals surface area contributed by atoms with Crippen molar-refractivity contribution in [2.75, 3.05) is 13.7 Å². The molecule has 1 aliphatic rings. The summed E-state index contributed by atoms with van der Waals surface area (Å²) in [5.41, 5.74) is 1.88. The van der Waals surface area contributed by atoms with Gasteiger partial charge in [0, 0.05) is 19.0 Å². The van der Waals surface area contributed by atoms with Gasteiger partial charge in [-0.15, -0.1) is 0 Å². The third kappa shape index (κ3) is 1.58. The van der Waals surface area contributed by atoms with Gasteiger partial charge in [0.25, 0.3) is 5.91 Å². The van der Waals surface area contributed by atoms with Gasteiger partial charge in [0.15, 0.2) is 0 Å². The van der Waals surface area contributed by atoms with E-state index in [0.29, 0.717) is 23.5 Å². The molecule has 0 aliphatic carbocycles. The summed E-state index contributed by atoms with van der Waals surface area (Å²) in [4.78, 5) is 22.2. The Hall–Kier alpha value is -1.84. The molecule has 4 heteroatoms.